The number of nitrogens with zero attached hydrogens (tertiary/aromatic N) is 1. The molecule has 0 saturated carbocycles. The number of hydrazone groups is 1. The van der Waals surface area contributed by atoms with Crippen LogP contribution in [0, 0.1) is 12.7 Å². The molecule has 0 radical (unpaired) electrons. The number of hydrogen-bond acceptors (Lipinski definition) is 3. The molecule has 0 fully saturated rings. The fourth-order valence-electron chi connectivity index (χ4n) is 1.62. The molecule has 0 aromatic heterocycles. The number of hydrogen-bond donors (Lipinski definition) is 1. The summed E-state index contributed by atoms with van der Waals surface area (Å²) in [4.78, 5) is 12.7. The van der Waals surface area contributed by atoms with E-state index in [1.807, 2.05) is 31.2 Å². The lowest BCUT2D eigenvalue weighted by Gasteiger charge is -2.02. The molecule has 114 valence electrons. The molecule has 2 aromatic carbocycles. The van der Waals surface area contributed by atoms with Gasteiger partial charge >= 0.3 is 0 Å². The normalized spacial score (nSPS) is 10.9. The van der Waals surface area contributed by atoms with Gasteiger partial charge in [-0.05, 0) is 31.2 Å². The van der Waals surface area contributed by atoms with Crippen LogP contribution in [-0.2, 0) is 4.79 Å². The second-order valence-electron chi connectivity index (χ2n) is 4.53. The first-order valence-corrected chi connectivity index (χ1v) is 7.88. The number of thioether (sulfide) groups is 1. The van der Waals surface area contributed by atoms with Crippen LogP contribution < -0.4 is 5.43 Å². The van der Waals surface area contributed by atoms with Crippen molar-refractivity contribution in [3.63, 3.8) is 0 Å². The van der Waals surface area contributed by atoms with E-state index in [0.717, 1.165) is 4.90 Å². The molecule has 0 atom stereocenters. The molecular weight excluding hydrogens is 323 g/mol. The molecule has 0 heterocycles. The van der Waals surface area contributed by atoms with Gasteiger partial charge in [-0.2, -0.15) is 5.10 Å². The lowest BCUT2D eigenvalue weighted by molar-refractivity contribution is -0.118. The Hall–Kier alpha value is -1.85. The number of aryl methyl sites for hydroxylation is 1. The van der Waals surface area contributed by atoms with E-state index in [2.05, 4.69) is 10.5 Å². The highest BCUT2D eigenvalue weighted by Gasteiger charge is 2.05. The summed E-state index contributed by atoms with van der Waals surface area (Å²) in [7, 11) is 0. The maximum Gasteiger partial charge on any atom is 0.250 e. The average molecular weight is 337 g/mol. The first kappa shape index (κ1) is 16.5. The summed E-state index contributed by atoms with van der Waals surface area (Å²) in [5, 5.41) is 3.97. The van der Waals surface area contributed by atoms with Crippen LogP contribution in [0.25, 0.3) is 0 Å². The number of amides is 1. The van der Waals surface area contributed by atoms with E-state index in [9.17, 15) is 9.18 Å². The molecule has 6 heteroatoms. The molecule has 1 amide bonds. The standard InChI is InChI=1S/C16H14ClFN2OS/c1-11-5-7-12(8-6-11)22-10-16(21)20-19-9-13-14(17)3-2-4-15(13)18/h2-9H,10H2,1H3,(H,20,21)/b19-9+. The summed E-state index contributed by atoms with van der Waals surface area (Å²) in [6.07, 6.45) is 1.20. The van der Waals surface area contributed by atoms with Gasteiger partial charge in [0.05, 0.1) is 17.0 Å². The maximum absolute atomic E-state index is 13.5. The zero-order valence-electron chi connectivity index (χ0n) is 11.8. The van der Waals surface area contributed by atoms with Gasteiger partial charge in [-0.3, -0.25) is 4.79 Å². The van der Waals surface area contributed by atoms with Gasteiger partial charge in [0.2, 0.25) is 5.91 Å². The molecule has 0 aliphatic rings. The van der Waals surface area contributed by atoms with Crippen molar-refractivity contribution in [3.05, 3.63) is 64.4 Å². The number of carbonyl (C=O) groups is 1. The van der Waals surface area contributed by atoms with E-state index in [-0.39, 0.29) is 22.2 Å². The highest BCUT2D eigenvalue weighted by Crippen LogP contribution is 2.18. The van der Waals surface area contributed by atoms with Crippen molar-refractivity contribution < 1.29 is 9.18 Å². The van der Waals surface area contributed by atoms with E-state index in [1.165, 1.54) is 35.7 Å². The largest absolute Gasteiger partial charge is 0.272 e. The Balaban J connectivity index is 1.85. The minimum Gasteiger partial charge on any atom is -0.272 e. The Kier molecular flexibility index (Phi) is 5.98. The van der Waals surface area contributed by atoms with Crippen molar-refractivity contribution >= 4 is 35.5 Å². The molecule has 2 rings (SSSR count). The van der Waals surface area contributed by atoms with Crippen molar-refractivity contribution in [2.45, 2.75) is 11.8 Å². The van der Waals surface area contributed by atoms with Crippen LogP contribution in [0.15, 0.2) is 52.5 Å². The quantitative estimate of drug-likeness (QED) is 0.509. The molecule has 0 saturated heterocycles. The van der Waals surface area contributed by atoms with Gasteiger partial charge in [0.1, 0.15) is 5.82 Å². The zero-order chi connectivity index (χ0) is 15.9. The third-order valence-corrected chi connectivity index (χ3v) is 4.12. The monoisotopic (exact) mass is 336 g/mol. The Morgan fingerprint density at radius 1 is 1.32 bits per heavy atom. The highest BCUT2D eigenvalue weighted by molar-refractivity contribution is 8.00. The minimum atomic E-state index is -0.487. The molecule has 0 unspecified atom stereocenters. The molecular formula is C16H14ClFN2OS. The third-order valence-electron chi connectivity index (χ3n) is 2.77. The third kappa shape index (κ3) is 4.86. The summed E-state index contributed by atoms with van der Waals surface area (Å²) in [6, 6.07) is 12.2. The van der Waals surface area contributed by atoms with E-state index in [4.69, 9.17) is 11.6 Å². The molecule has 1 N–H and O–H groups in total. The van der Waals surface area contributed by atoms with Crippen molar-refractivity contribution in [3.8, 4) is 0 Å². The fraction of sp³-hybridized carbons (Fsp3) is 0.125. The van der Waals surface area contributed by atoms with Gasteiger partial charge in [0.15, 0.2) is 0 Å². The predicted molar refractivity (Wildman–Crippen MR) is 89.0 cm³/mol. The number of rotatable bonds is 5. The fourth-order valence-corrected chi connectivity index (χ4v) is 2.52. The Bertz CT molecular complexity index is 669. The van der Waals surface area contributed by atoms with Crippen molar-refractivity contribution in [1.82, 2.24) is 5.43 Å². The number of carbonyl (C=O) groups excluding carboxylic acids is 1. The Morgan fingerprint density at radius 2 is 2.05 bits per heavy atom. The predicted octanol–water partition coefficient (Wildman–Crippen LogP) is 4.03. The Morgan fingerprint density at radius 3 is 2.73 bits per heavy atom. The smallest absolute Gasteiger partial charge is 0.250 e. The summed E-state index contributed by atoms with van der Waals surface area (Å²) in [5.41, 5.74) is 3.67. The zero-order valence-corrected chi connectivity index (χ0v) is 13.4. The number of halogens is 2. The van der Waals surface area contributed by atoms with Gasteiger partial charge in [0.25, 0.3) is 0 Å². The van der Waals surface area contributed by atoms with Gasteiger partial charge < -0.3 is 0 Å². The van der Waals surface area contributed by atoms with Crippen molar-refractivity contribution in [2.75, 3.05) is 5.75 Å². The van der Waals surface area contributed by atoms with Crippen LogP contribution >= 0.6 is 23.4 Å². The summed E-state index contributed by atoms with van der Waals surface area (Å²) >= 11 is 7.25. The first-order valence-electron chi connectivity index (χ1n) is 6.51. The summed E-state index contributed by atoms with van der Waals surface area (Å²) < 4.78 is 13.5. The summed E-state index contributed by atoms with van der Waals surface area (Å²) in [5.74, 6) is -0.528. The van der Waals surface area contributed by atoms with Gasteiger partial charge in [0, 0.05) is 10.5 Å². The molecule has 22 heavy (non-hydrogen) atoms. The lowest BCUT2D eigenvalue weighted by atomic mass is 10.2. The SMILES string of the molecule is Cc1ccc(SCC(=O)N/N=C/c2c(F)cccc2Cl)cc1. The average Bonchev–Trinajstić information content (AvgIpc) is 2.50. The Labute approximate surface area is 137 Å². The van der Waals surface area contributed by atoms with Gasteiger partial charge in [-0.15, -0.1) is 11.8 Å². The van der Waals surface area contributed by atoms with Crippen molar-refractivity contribution in [1.29, 1.82) is 0 Å². The molecule has 3 nitrogen and oxygen atoms in total. The van der Waals surface area contributed by atoms with Gasteiger partial charge in [-0.25, -0.2) is 9.82 Å². The van der Waals surface area contributed by atoms with Crippen LogP contribution in [0.1, 0.15) is 11.1 Å². The van der Waals surface area contributed by atoms with Crippen LogP contribution in [0.5, 0.6) is 0 Å². The number of benzene rings is 2. The van der Waals surface area contributed by atoms with Crippen LogP contribution in [-0.4, -0.2) is 17.9 Å². The topological polar surface area (TPSA) is 41.5 Å². The number of nitrogens with one attached hydrogen (secondary N) is 1. The van der Waals surface area contributed by atoms with Crippen LogP contribution in [0.2, 0.25) is 5.02 Å². The molecule has 0 spiro atoms. The van der Waals surface area contributed by atoms with Crippen molar-refractivity contribution in [2.24, 2.45) is 5.10 Å². The summed E-state index contributed by atoms with van der Waals surface area (Å²) in [6.45, 7) is 2.00. The van der Waals surface area contributed by atoms with E-state index >= 15 is 0 Å². The molecule has 0 bridgehead atoms. The molecule has 0 aliphatic heterocycles. The molecule has 0 aliphatic carbocycles. The molecule has 2 aromatic rings. The van der Waals surface area contributed by atoms with E-state index in [0.29, 0.717) is 0 Å². The van der Waals surface area contributed by atoms with Crippen LogP contribution in [0.4, 0.5) is 4.39 Å². The highest BCUT2D eigenvalue weighted by atomic mass is 35.5. The first-order chi connectivity index (χ1) is 10.6. The van der Waals surface area contributed by atoms with E-state index in [1.54, 1.807) is 6.07 Å². The second-order valence-corrected chi connectivity index (χ2v) is 5.99. The minimum absolute atomic E-state index is 0.149. The van der Waals surface area contributed by atoms with E-state index < -0.39 is 5.82 Å². The maximum atomic E-state index is 13.5. The second kappa shape index (κ2) is 7.96. The van der Waals surface area contributed by atoms with Gasteiger partial charge in [-0.1, -0.05) is 35.4 Å². The lowest BCUT2D eigenvalue weighted by Crippen LogP contribution is -2.19. The van der Waals surface area contributed by atoms with Crippen LogP contribution in [0.3, 0.4) is 0 Å².